The van der Waals surface area contributed by atoms with Gasteiger partial charge in [-0.3, -0.25) is 4.79 Å². The summed E-state index contributed by atoms with van der Waals surface area (Å²) in [7, 11) is 0. The summed E-state index contributed by atoms with van der Waals surface area (Å²) >= 11 is 5.46. The van der Waals surface area contributed by atoms with Crippen molar-refractivity contribution in [2.24, 2.45) is 0 Å². The van der Waals surface area contributed by atoms with Crippen molar-refractivity contribution in [1.82, 2.24) is 4.90 Å². The van der Waals surface area contributed by atoms with Crippen molar-refractivity contribution in [2.75, 3.05) is 19.8 Å². The minimum absolute atomic E-state index is 0.125. The van der Waals surface area contributed by atoms with Gasteiger partial charge in [-0.15, -0.1) is 0 Å². The van der Waals surface area contributed by atoms with Crippen molar-refractivity contribution in [2.45, 2.75) is 19.1 Å². The number of benzene rings is 1. The van der Waals surface area contributed by atoms with Crippen molar-refractivity contribution in [3.8, 4) is 0 Å². The van der Waals surface area contributed by atoms with Gasteiger partial charge in [0.1, 0.15) is 11.6 Å². The normalized spacial score (nSPS) is 22.9. The molecule has 1 fully saturated rings. The molecule has 1 aromatic rings. The van der Waals surface area contributed by atoms with Crippen LogP contribution in [0, 0.1) is 11.6 Å². The molecular formula is C13H14ClF2NO3. The third kappa shape index (κ3) is 2.92. The lowest BCUT2D eigenvalue weighted by atomic mass is 10.1. The Balaban J connectivity index is 2.28. The first-order chi connectivity index (χ1) is 9.43. The van der Waals surface area contributed by atoms with E-state index in [2.05, 4.69) is 0 Å². The maximum absolute atomic E-state index is 13.8. The Morgan fingerprint density at radius 3 is 2.85 bits per heavy atom. The van der Waals surface area contributed by atoms with Crippen LogP contribution in [0.15, 0.2) is 12.1 Å². The molecule has 2 rings (SSSR count). The van der Waals surface area contributed by atoms with Crippen LogP contribution in [0.3, 0.4) is 0 Å². The SMILES string of the molecule is CC1COC(CO)CN1C(=O)c1cc(F)c(Cl)cc1F. The number of aliphatic hydroxyl groups is 1. The fraction of sp³-hybridized carbons (Fsp3) is 0.462. The summed E-state index contributed by atoms with van der Waals surface area (Å²) in [5.74, 6) is -2.37. The zero-order chi connectivity index (χ0) is 14.9. The highest BCUT2D eigenvalue weighted by molar-refractivity contribution is 6.30. The van der Waals surface area contributed by atoms with E-state index in [0.29, 0.717) is 0 Å². The van der Waals surface area contributed by atoms with E-state index in [-0.39, 0.29) is 36.4 Å². The van der Waals surface area contributed by atoms with Crippen LogP contribution >= 0.6 is 11.6 Å². The maximum Gasteiger partial charge on any atom is 0.257 e. The molecule has 1 aliphatic heterocycles. The highest BCUT2D eigenvalue weighted by Crippen LogP contribution is 2.22. The Morgan fingerprint density at radius 2 is 2.20 bits per heavy atom. The number of nitrogens with zero attached hydrogens (tertiary/aromatic N) is 1. The number of carbonyl (C=O) groups excluding carboxylic acids is 1. The lowest BCUT2D eigenvalue weighted by molar-refractivity contribution is -0.0668. The van der Waals surface area contributed by atoms with Gasteiger partial charge in [-0.05, 0) is 19.1 Å². The molecule has 0 spiro atoms. The first-order valence-electron chi connectivity index (χ1n) is 6.12. The molecule has 0 saturated carbocycles. The van der Waals surface area contributed by atoms with Crippen molar-refractivity contribution < 1.29 is 23.4 Å². The minimum atomic E-state index is -0.874. The van der Waals surface area contributed by atoms with Gasteiger partial charge in [-0.2, -0.15) is 0 Å². The van der Waals surface area contributed by atoms with Crippen molar-refractivity contribution in [1.29, 1.82) is 0 Å². The minimum Gasteiger partial charge on any atom is -0.394 e. The number of ether oxygens (including phenoxy) is 1. The molecule has 0 aromatic heterocycles. The van der Waals surface area contributed by atoms with E-state index in [4.69, 9.17) is 21.4 Å². The lowest BCUT2D eigenvalue weighted by Crippen LogP contribution is -2.52. The molecule has 0 aliphatic carbocycles. The summed E-state index contributed by atoms with van der Waals surface area (Å²) in [6.45, 7) is 1.85. The Kier molecular flexibility index (Phi) is 4.57. The first-order valence-corrected chi connectivity index (χ1v) is 6.49. The molecule has 1 heterocycles. The predicted molar refractivity (Wildman–Crippen MR) is 68.7 cm³/mol. The highest BCUT2D eigenvalue weighted by atomic mass is 35.5. The summed E-state index contributed by atoms with van der Waals surface area (Å²) in [6.07, 6.45) is -0.518. The quantitative estimate of drug-likeness (QED) is 0.848. The zero-order valence-corrected chi connectivity index (χ0v) is 11.5. The number of amides is 1. The molecule has 20 heavy (non-hydrogen) atoms. The van der Waals surface area contributed by atoms with Crippen LogP contribution < -0.4 is 0 Å². The van der Waals surface area contributed by atoms with E-state index in [1.165, 1.54) is 4.90 Å². The molecular weight excluding hydrogens is 292 g/mol. The third-order valence-corrected chi connectivity index (χ3v) is 3.50. The van der Waals surface area contributed by atoms with Gasteiger partial charge >= 0.3 is 0 Å². The summed E-state index contributed by atoms with van der Waals surface area (Å²) < 4.78 is 32.5. The summed E-state index contributed by atoms with van der Waals surface area (Å²) in [5, 5.41) is 8.70. The van der Waals surface area contributed by atoms with Gasteiger partial charge in [0, 0.05) is 6.54 Å². The van der Waals surface area contributed by atoms with Crippen LogP contribution in [0.25, 0.3) is 0 Å². The lowest BCUT2D eigenvalue weighted by Gasteiger charge is -2.37. The van der Waals surface area contributed by atoms with Gasteiger partial charge in [-0.25, -0.2) is 8.78 Å². The molecule has 4 nitrogen and oxygen atoms in total. The van der Waals surface area contributed by atoms with Gasteiger partial charge < -0.3 is 14.7 Å². The van der Waals surface area contributed by atoms with Gasteiger partial charge in [0.05, 0.1) is 35.9 Å². The predicted octanol–water partition coefficient (Wildman–Crippen LogP) is 1.84. The van der Waals surface area contributed by atoms with Gasteiger partial charge in [-0.1, -0.05) is 11.6 Å². The smallest absolute Gasteiger partial charge is 0.257 e. The molecule has 110 valence electrons. The topological polar surface area (TPSA) is 49.8 Å². The second-order valence-corrected chi connectivity index (χ2v) is 5.10. The Hall–Kier alpha value is -1.24. The van der Waals surface area contributed by atoms with Crippen LogP contribution in [-0.2, 0) is 4.74 Å². The number of hydrogen-bond donors (Lipinski definition) is 1. The van der Waals surface area contributed by atoms with E-state index in [1.54, 1.807) is 6.92 Å². The monoisotopic (exact) mass is 305 g/mol. The standard InChI is InChI=1S/C13H14ClF2NO3/c1-7-6-20-8(5-18)4-17(7)13(19)9-2-12(16)10(14)3-11(9)15/h2-3,7-8,18H,4-6H2,1H3. The molecule has 1 aliphatic rings. The van der Waals surface area contributed by atoms with Crippen molar-refractivity contribution in [3.63, 3.8) is 0 Å². The Morgan fingerprint density at radius 1 is 1.50 bits per heavy atom. The van der Waals surface area contributed by atoms with E-state index in [0.717, 1.165) is 12.1 Å². The molecule has 1 N–H and O–H groups in total. The van der Waals surface area contributed by atoms with E-state index < -0.39 is 23.6 Å². The van der Waals surface area contributed by atoms with Gasteiger partial charge in [0.15, 0.2) is 0 Å². The molecule has 0 bridgehead atoms. The molecule has 7 heteroatoms. The van der Waals surface area contributed by atoms with Gasteiger partial charge in [0.2, 0.25) is 0 Å². The van der Waals surface area contributed by atoms with Gasteiger partial charge in [0.25, 0.3) is 5.91 Å². The van der Waals surface area contributed by atoms with E-state index >= 15 is 0 Å². The van der Waals surface area contributed by atoms with Crippen molar-refractivity contribution in [3.05, 3.63) is 34.4 Å². The van der Waals surface area contributed by atoms with Crippen LogP contribution in [0.4, 0.5) is 8.78 Å². The maximum atomic E-state index is 13.8. The number of halogens is 3. The largest absolute Gasteiger partial charge is 0.394 e. The van der Waals surface area contributed by atoms with Crippen LogP contribution in [0.2, 0.25) is 5.02 Å². The molecule has 2 unspecified atom stereocenters. The number of carbonyl (C=O) groups is 1. The van der Waals surface area contributed by atoms with Crippen LogP contribution in [0.5, 0.6) is 0 Å². The summed E-state index contributed by atoms with van der Waals surface area (Å²) in [6, 6.07) is 1.28. The Bertz CT molecular complexity index is 527. The number of morpholine rings is 1. The summed E-state index contributed by atoms with van der Waals surface area (Å²) in [5.41, 5.74) is -0.377. The molecule has 0 radical (unpaired) electrons. The van der Waals surface area contributed by atoms with Crippen LogP contribution in [0.1, 0.15) is 17.3 Å². The third-order valence-electron chi connectivity index (χ3n) is 3.21. The first kappa shape index (κ1) is 15.2. The number of rotatable bonds is 2. The fourth-order valence-electron chi connectivity index (χ4n) is 2.05. The van der Waals surface area contributed by atoms with E-state index in [9.17, 15) is 13.6 Å². The summed E-state index contributed by atoms with van der Waals surface area (Å²) in [4.78, 5) is 13.7. The second-order valence-electron chi connectivity index (χ2n) is 4.69. The van der Waals surface area contributed by atoms with E-state index in [1.807, 2.05) is 0 Å². The zero-order valence-electron chi connectivity index (χ0n) is 10.8. The average molecular weight is 306 g/mol. The molecule has 1 saturated heterocycles. The van der Waals surface area contributed by atoms with Crippen molar-refractivity contribution >= 4 is 17.5 Å². The fourth-order valence-corrected chi connectivity index (χ4v) is 2.20. The second kappa shape index (κ2) is 6.03. The Labute approximate surface area is 119 Å². The number of hydrogen-bond acceptors (Lipinski definition) is 3. The number of aliphatic hydroxyl groups excluding tert-OH is 1. The molecule has 1 aromatic carbocycles. The average Bonchev–Trinajstić information content (AvgIpc) is 2.42. The van der Waals surface area contributed by atoms with Crippen LogP contribution in [-0.4, -0.2) is 47.8 Å². The molecule has 2 atom stereocenters. The molecule has 1 amide bonds. The highest BCUT2D eigenvalue weighted by Gasteiger charge is 2.31.